The van der Waals surface area contributed by atoms with E-state index in [1.54, 1.807) is 13.0 Å². The molecule has 0 aromatic heterocycles. The van der Waals surface area contributed by atoms with Crippen LogP contribution in [0.5, 0.6) is 0 Å². The van der Waals surface area contributed by atoms with E-state index >= 15 is 0 Å². The van der Waals surface area contributed by atoms with Gasteiger partial charge in [-0.1, -0.05) is 42.3 Å². The van der Waals surface area contributed by atoms with E-state index in [0.717, 1.165) is 5.56 Å². The molecule has 0 radical (unpaired) electrons. The van der Waals surface area contributed by atoms with Gasteiger partial charge in [-0.15, -0.1) is 5.92 Å². The molecule has 0 atom stereocenters. The summed E-state index contributed by atoms with van der Waals surface area (Å²) in [5, 5.41) is 0. The zero-order chi connectivity index (χ0) is 15.7. The van der Waals surface area contributed by atoms with Crippen molar-refractivity contribution in [2.24, 2.45) is 5.92 Å². The zero-order valence-corrected chi connectivity index (χ0v) is 12.4. The highest BCUT2D eigenvalue weighted by atomic mass is 16.5. The third-order valence-corrected chi connectivity index (χ3v) is 2.87. The number of rotatable bonds is 5. The standard InChI is InChI=1S/C17H18O4/c1-4-5-11-14(12-13-9-7-6-8-10-13)15(16(18)20-2)17(19)21-3/h6-10,12,15H,11H2,1-3H3/b14-12+. The van der Waals surface area contributed by atoms with E-state index in [-0.39, 0.29) is 0 Å². The lowest BCUT2D eigenvalue weighted by molar-refractivity contribution is -0.156. The van der Waals surface area contributed by atoms with Crippen molar-refractivity contribution in [3.8, 4) is 11.8 Å². The second-order valence-electron chi connectivity index (χ2n) is 4.21. The third kappa shape index (κ3) is 4.81. The molecular formula is C17H18O4. The lowest BCUT2D eigenvalue weighted by atomic mass is 9.94. The summed E-state index contributed by atoms with van der Waals surface area (Å²) in [7, 11) is 2.48. The molecule has 0 fully saturated rings. The summed E-state index contributed by atoms with van der Waals surface area (Å²) in [4.78, 5) is 23.8. The van der Waals surface area contributed by atoms with Crippen LogP contribution in [0.2, 0.25) is 0 Å². The van der Waals surface area contributed by atoms with Crippen molar-refractivity contribution in [1.82, 2.24) is 0 Å². The minimum absolute atomic E-state index is 0.292. The van der Waals surface area contributed by atoms with Crippen molar-refractivity contribution in [2.45, 2.75) is 13.3 Å². The second-order valence-corrected chi connectivity index (χ2v) is 4.21. The Kier molecular flexibility index (Phi) is 6.76. The lowest BCUT2D eigenvalue weighted by Crippen LogP contribution is -2.28. The first-order valence-electron chi connectivity index (χ1n) is 6.44. The van der Waals surface area contributed by atoms with E-state index in [1.165, 1.54) is 14.2 Å². The average Bonchev–Trinajstić information content (AvgIpc) is 2.53. The number of methoxy groups -OCH3 is 2. The van der Waals surface area contributed by atoms with Crippen LogP contribution in [0.25, 0.3) is 6.08 Å². The van der Waals surface area contributed by atoms with Gasteiger partial charge in [0.2, 0.25) is 0 Å². The van der Waals surface area contributed by atoms with E-state index in [9.17, 15) is 9.59 Å². The first kappa shape index (κ1) is 16.5. The van der Waals surface area contributed by atoms with Crippen LogP contribution in [0.4, 0.5) is 0 Å². The van der Waals surface area contributed by atoms with Crippen LogP contribution in [-0.2, 0) is 19.1 Å². The van der Waals surface area contributed by atoms with Crippen molar-refractivity contribution in [1.29, 1.82) is 0 Å². The van der Waals surface area contributed by atoms with Gasteiger partial charge < -0.3 is 9.47 Å². The summed E-state index contributed by atoms with van der Waals surface area (Å²) >= 11 is 0. The highest BCUT2D eigenvalue weighted by Gasteiger charge is 2.32. The Balaban J connectivity index is 3.25. The van der Waals surface area contributed by atoms with E-state index in [2.05, 4.69) is 11.8 Å². The summed E-state index contributed by atoms with van der Waals surface area (Å²) < 4.78 is 9.41. The van der Waals surface area contributed by atoms with Crippen molar-refractivity contribution < 1.29 is 19.1 Å². The molecule has 0 N–H and O–H groups in total. The number of esters is 2. The first-order valence-corrected chi connectivity index (χ1v) is 6.44. The number of benzene rings is 1. The molecule has 0 saturated heterocycles. The fraction of sp³-hybridized carbons (Fsp3) is 0.294. The maximum absolute atomic E-state index is 11.9. The lowest BCUT2D eigenvalue weighted by Gasteiger charge is -2.15. The molecule has 21 heavy (non-hydrogen) atoms. The molecule has 4 nitrogen and oxygen atoms in total. The number of carbonyl (C=O) groups is 2. The van der Waals surface area contributed by atoms with Crippen molar-refractivity contribution in [3.05, 3.63) is 41.5 Å². The maximum Gasteiger partial charge on any atom is 0.324 e. The average molecular weight is 286 g/mol. The Morgan fingerprint density at radius 2 is 1.71 bits per heavy atom. The molecule has 4 heteroatoms. The topological polar surface area (TPSA) is 52.6 Å². The molecule has 1 rings (SSSR count). The van der Waals surface area contributed by atoms with Gasteiger partial charge in [0.25, 0.3) is 0 Å². The fourth-order valence-corrected chi connectivity index (χ4v) is 1.82. The van der Waals surface area contributed by atoms with Gasteiger partial charge in [0.15, 0.2) is 5.92 Å². The Morgan fingerprint density at radius 1 is 1.14 bits per heavy atom. The Morgan fingerprint density at radius 3 is 2.19 bits per heavy atom. The van der Waals surface area contributed by atoms with Gasteiger partial charge in [0.1, 0.15) is 0 Å². The van der Waals surface area contributed by atoms with Gasteiger partial charge in [-0.05, 0) is 18.1 Å². The molecular weight excluding hydrogens is 268 g/mol. The molecule has 0 aliphatic carbocycles. The molecule has 110 valence electrons. The van der Waals surface area contributed by atoms with Crippen LogP contribution in [-0.4, -0.2) is 26.2 Å². The van der Waals surface area contributed by atoms with E-state index in [4.69, 9.17) is 9.47 Å². The van der Waals surface area contributed by atoms with Crippen molar-refractivity contribution in [3.63, 3.8) is 0 Å². The van der Waals surface area contributed by atoms with Gasteiger partial charge in [0.05, 0.1) is 14.2 Å². The molecule has 1 aromatic carbocycles. The van der Waals surface area contributed by atoms with Gasteiger partial charge in [0, 0.05) is 6.42 Å². The van der Waals surface area contributed by atoms with Crippen LogP contribution in [0.1, 0.15) is 18.9 Å². The molecule has 0 amide bonds. The fourth-order valence-electron chi connectivity index (χ4n) is 1.82. The first-order chi connectivity index (χ1) is 10.1. The van der Waals surface area contributed by atoms with Gasteiger partial charge >= 0.3 is 11.9 Å². The van der Waals surface area contributed by atoms with Crippen molar-refractivity contribution in [2.75, 3.05) is 14.2 Å². The smallest absolute Gasteiger partial charge is 0.324 e. The number of ether oxygens (including phenoxy) is 2. The van der Waals surface area contributed by atoms with Crippen LogP contribution >= 0.6 is 0 Å². The predicted molar refractivity (Wildman–Crippen MR) is 80.0 cm³/mol. The molecule has 0 bridgehead atoms. The Labute approximate surface area is 124 Å². The normalized spacial score (nSPS) is 10.6. The number of carbonyl (C=O) groups excluding carboxylic acids is 2. The van der Waals surface area contributed by atoms with Crippen LogP contribution in [0.15, 0.2) is 35.9 Å². The largest absolute Gasteiger partial charge is 0.468 e. The summed E-state index contributed by atoms with van der Waals surface area (Å²) in [6, 6.07) is 9.40. The summed E-state index contributed by atoms with van der Waals surface area (Å²) in [5.41, 5.74) is 1.43. The van der Waals surface area contributed by atoms with E-state index in [0.29, 0.717) is 12.0 Å². The van der Waals surface area contributed by atoms with Gasteiger partial charge in [-0.25, -0.2) is 0 Å². The van der Waals surface area contributed by atoms with Crippen LogP contribution < -0.4 is 0 Å². The predicted octanol–water partition coefficient (Wildman–Crippen LogP) is 2.45. The van der Waals surface area contributed by atoms with E-state index < -0.39 is 17.9 Å². The SMILES string of the molecule is CC#CC/C(=C\c1ccccc1)C(C(=O)OC)C(=O)OC. The molecule has 0 spiro atoms. The molecule has 1 aromatic rings. The summed E-state index contributed by atoms with van der Waals surface area (Å²) in [5.74, 6) is 3.23. The highest BCUT2D eigenvalue weighted by molar-refractivity contribution is 5.99. The highest BCUT2D eigenvalue weighted by Crippen LogP contribution is 2.21. The molecule has 0 saturated carbocycles. The minimum atomic E-state index is -1.10. The minimum Gasteiger partial charge on any atom is -0.468 e. The zero-order valence-electron chi connectivity index (χ0n) is 12.4. The van der Waals surface area contributed by atoms with Crippen LogP contribution in [0.3, 0.4) is 0 Å². The second kappa shape index (κ2) is 8.60. The van der Waals surface area contributed by atoms with Gasteiger partial charge in [-0.2, -0.15) is 0 Å². The Bertz CT molecular complexity index is 560. The van der Waals surface area contributed by atoms with Crippen LogP contribution in [0, 0.1) is 17.8 Å². The Hall–Kier alpha value is -2.54. The van der Waals surface area contributed by atoms with Crippen molar-refractivity contribution >= 4 is 18.0 Å². The molecule has 0 unspecified atom stereocenters. The summed E-state index contributed by atoms with van der Waals surface area (Å²) in [6.07, 6.45) is 2.06. The molecule has 0 heterocycles. The monoisotopic (exact) mass is 286 g/mol. The van der Waals surface area contributed by atoms with E-state index in [1.807, 2.05) is 30.3 Å². The summed E-state index contributed by atoms with van der Waals surface area (Å²) in [6.45, 7) is 1.70. The number of hydrogen-bond acceptors (Lipinski definition) is 4. The molecule has 0 aliphatic heterocycles. The third-order valence-electron chi connectivity index (χ3n) is 2.87. The number of hydrogen-bond donors (Lipinski definition) is 0. The van der Waals surface area contributed by atoms with Gasteiger partial charge in [-0.3, -0.25) is 9.59 Å². The quantitative estimate of drug-likeness (QED) is 0.474. The maximum atomic E-state index is 11.9. The molecule has 0 aliphatic rings.